The van der Waals surface area contributed by atoms with E-state index in [4.69, 9.17) is 48.0 Å². The summed E-state index contributed by atoms with van der Waals surface area (Å²) in [6.45, 7) is 16.4. The van der Waals surface area contributed by atoms with Crippen LogP contribution in [-0.2, 0) is 61.2 Å². The molecule has 15 nitrogen and oxygen atoms in total. The Balaban J connectivity index is 0.604. The van der Waals surface area contributed by atoms with Crippen molar-refractivity contribution in [1.29, 1.82) is 0 Å². The molecule has 2 saturated carbocycles. The lowest BCUT2D eigenvalue weighted by Gasteiger charge is -2.60. The molecule has 8 unspecified atom stereocenters. The van der Waals surface area contributed by atoms with Crippen molar-refractivity contribution in [3.63, 3.8) is 0 Å². The summed E-state index contributed by atoms with van der Waals surface area (Å²) in [7, 11) is 2.06. The van der Waals surface area contributed by atoms with Crippen LogP contribution in [0.2, 0.25) is 0 Å². The molecule has 68 heavy (non-hydrogen) atoms. The van der Waals surface area contributed by atoms with Gasteiger partial charge in [-0.25, -0.2) is 19.6 Å². The summed E-state index contributed by atoms with van der Waals surface area (Å²) >= 11 is 0. The van der Waals surface area contributed by atoms with E-state index in [-0.39, 0.29) is 35.5 Å². The molecule has 2 spiro atoms. The normalized spacial score (nSPS) is 41.3. The quantitative estimate of drug-likeness (QED) is 0.124. The molecule has 374 valence electrons. The van der Waals surface area contributed by atoms with Gasteiger partial charge in [-0.2, -0.15) is 0 Å². The van der Waals surface area contributed by atoms with Crippen molar-refractivity contribution in [2.45, 2.75) is 167 Å². The minimum absolute atomic E-state index is 0.0955. The van der Waals surface area contributed by atoms with Gasteiger partial charge < -0.3 is 44.0 Å². The van der Waals surface area contributed by atoms with E-state index in [0.29, 0.717) is 61.1 Å². The first-order valence-corrected chi connectivity index (χ1v) is 25.8. The number of carbonyl (C=O) groups is 2. The standard InChI is InChI=1S/C53H75N3O12/c1-32-10-20-42-34(3)46(61-48-52(42)40(32)22-24-50(5,63-48)65-67-52)59-30-36-12-16-38(17-13-36)44(57)54-26-8-28-56(7)29-9-27-55-45(58)39-18-14-37(15-19-39)31-60-47-35(4)43-21-11-33(2)41-23-25-51(6)64-49(62-47)53(41,43)68-66-51/h12-19,32-35,40-43,46-49H,8-11,20-31H2,1-7H3,(H,54,57)(H,55,58)/t32-,33-,34-,35-,40?,41?,42?,43?,46+,47+,48?,49?,50?,51?,52-,53-/m1/s1. The van der Waals surface area contributed by atoms with E-state index in [1.807, 2.05) is 62.4 Å². The summed E-state index contributed by atoms with van der Waals surface area (Å²) in [4.78, 5) is 52.6. The number of hydrogen-bond acceptors (Lipinski definition) is 13. The molecule has 10 fully saturated rings. The maximum absolute atomic E-state index is 13.0. The zero-order valence-electron chi connectivity index (χ0n) is 41.2. The summed E-state index contributed by atoms with van der Waals surface area (Å²) in [6, 6.07) is 15.1. The molecular weight excluding hydrogens is 871 g/mol. The molecule has 0 aromatic heterocycles. The molecule has 16 atom stereocenters. The highest BCUT2D eigenvalue weighted by Crippen LogP contribution is 2.62. The fourth-order valence-electron chi connectivity index (χ4n) is 13.4. The van der Waals surface area contributed by atoms with Crippen molar-refractivity contribution in [1.82, 2.24) is 15.5 Å². The lowest BCUT2D eigenvalue weighted by molar-refractivity contribution is -0.577. The molecule has 2 aromatic carbocycles. The van der Waals surface area contributed by atoms with Crippen LogP contribution in [0.1, 0.15) is 138 Å². The second-order valence-corrected chi connectivity index (χ2v) is 22.1. The van der Waals surface area contributed by atoms with Crippen molar-refractivity contribution in [2.75, 3.05) is 33.2 Å². The van der Waals surface area contributed by atoms with E-state index in [2.05, 4.69) is 50.3 Å². The first-order chi connectivity index (χ1) is 32.7. The molecule has 2 aliphatic carbocycles. The van der Waals surface area contributed by atoms with Crippen LogP contribution in [0.5, 0.6) is 0 Å². The van der Waals surface area contributed by atoms with Crippen LogP contribution < -0.4 is 10.6 Å². The third-order valence-corrected chi connectivity index (χ3v) is 17.5. The highest BCUT2D eigenvalue weighted by atomic mass is 17.3. The number of ether oxygens (including phenoxy) is 6. The lowest BCUT2D eigenvalue weighted by Crippen LogP contribution is -2.70. The lowest BCUT2D eigenvalue weighted by atomic mass is 9.58. The van der Waals surface area contributed by atoms with Crippen LogP contribution in [-0.4, -0.2) is 97.9 Å². The zero-order valence-corrected chi connectivity index (χ0v) is 41.2. The van der Waals surface area contributed by atoms with Crippen LogP contribution in [0.3, 0.4) is 0 Å². The molecule has 8 saturated heterocycles. The third kappa shape index (κ3) is 9.10. The second kappa shape index (κ2) is 19.5. The van der Waals surface area contributed by atoms with Crippen LogP contribution in [0, 0.1) is 47.3 Å². The average molecular weight is 946 g/mol. The van der Waals surface area contributed by atoms with Gasteiger partial charge in [0.05, 0.1) is 13.2 Å². The summed E-state index contributed by atoms with van der Waals surface area (Å²) in [5.74, 6) is 0.376. The molecule has 10 aliphatic rings. The number of rotatable bonds is 16. The predicted octanol–water partition coefficient (Wildman–Crippen LogP) is 8.01. The van der Waals surface area contributed by atoms with Crippen LogP contribution in [0.25, 0.3) is 0 Å². The Morgan fingerprint density at radius 2 is 1.00 bits per heavy atom. The van der Waals surface area contributed by atoms with Crippen LogP contribution >= 0.6 is 0 Å². The molecule has 0 radical (unpaired) electrons. The van der Waals surface area contributed by atoms with Gasteiger partial charge in [-0.3, -0.25) is 9.59 Å². The average Bonchev–Trinajstić information content (AvgIpc) is 3.71. The van der Waals surface area contributed by atoms with E-state index in [1.54, 1.807) is 0 Å². The molecule has 2 aromatic rings. The van der Waals surface area contributed by atoms with E-state index in [0.717, 1.165) is 88.4 Å². The summed E-state index contributed by atoms with van der Waals surface area (Å²) in [5, 5.41) is 6.11. The minimum Gasteiger partial charge on any atom is -0.352 e. The van der Waals surface area contributed by atoms with Gasteiger partial charge in [0.1, 0.15) is 0 Å². The van der Waals surface area contributed by atoms with Gasteiger partial charge in [-0.1, -0.05) is 52.0 Å². The van der Waals surface area contributed by atoms with Crippen molar-refractivity contribution in [3.05, 3.63) is 70.8 Å². The number of carbonyl (C=O) groups excluding carboxylic acids is 2. The Kier molecular flexibility index (Phi) is 13.9. The van der Waals surface area contributed by atoms with Gasteiger partial charge in [0.15, 0.2) is 36.4 Å². The van der Waals surface area contributed by atoms with E-state index in [1.165, 1.54) is 0 Å². The smallest absolute Gasteiger partial charge is 0.251 e. The molecular formula is C53H75N3O12. The maximum atomic E-state index is 13.0. The Bertz CT molecular complexity index is 1950. The Morgan fingerprint density at radius 1 is 0.588 bits per heavy atom. The van der Waals surface area contributed by atoms with Crippen molar-refractivity contribution < 1.29 is 57.6 Å². The summed E-state index contributed by atoms with van der Waals surface area (Å²) in [5.41, 5.74) is 1.92. The van der Waals surface area contributed by atoms with Gasteiger partial charge in [-0.05, 0) is 144 Å². The highest BCUT2D eigenvalue weighted by molar-refractivity contribution is 5.94. The van der Waals surface area contributed by atoms with E-state index < -0.39 is 47.9 Å². The number of benzene rings is 2. The van der Waals surface area contributed by atoms with Gasteiger partial charge in [-0.15, -0.1) is 0 Å². The monoisotopic (exact) mass is 946 g/mol. The molecule has 4 bridgehead atoms. The molecule has 12 rings (SSSR count). The largest absolute Gasteiger partial charge is 0.352 e. The minimum atomic E-state index is -0.822. The number of hydrogen-bond donors (Lipinski definition) is 2. The van der Waals surface area contributed by atoms with Crippen molar-refractivity contribution in [2.24, 2.45) is 47.3 Å². The first kappa shape index (κ1) is 48.6. The maximum Gasteiger partial charge on any atom is 0.251 e. The van der Waals surface area contributed by atoms with E-state index in [9.17, 15) is 9.59 Å². The van der Waals surface area contributed by atoms with Gasteiger partial charge in [0, 0.05) is 60.7 Å². The molecule has 2 amide bonds. The van der Waals surface area contributed by atoms with Gasteiger partial charge in [0.25, 0.3) is 11.8 Å². The number of nitrogens with one attached hydrogen (secondary N) is 2. The fourth-order valence-corrected chi connectivity index (χ4v) is 13.4. The van der Waals surface area contributed by atoms with Crippen LogP contribution in [0.15, 0.2) is 48.5 Å². The summed E-state index contributed by atoms with van der Waals surface area (Å²) in [6.07, 6.45) is 7.49. The van der Waals surface area contributed by atoms with Crippen LogP contribution in [0.4, 0.5) is 0 Å². The molecule has 2 N–H and O–H groups in total. The number of amides is 2. The zero-order chi connectivity index (χ0) is 47.4. The van der Waals surface area contributed by atoms with Gasteiger partial charge >= 0.3 is 0 Å². The Morgan fingerprint density at radius 3 is 1.41 bits per heavy atom. The number of nitrogens with zero attached hydrogens (tertiary/aromatic N) is 1. The Labute approximate surface area is 402 Å². The van der Waals surface area contributed by atoms with Gasteiger partial charge in [0.2, 0.25) is 11.6 Å². The molecule has 8 aliphatic heterocycles. The second-order valence-electron chi connectivity index (χ2n) is 22.1. The molecule has 8 heterocycles. The fraction of sp³-hybridized carbons (Fsp3) is 0.736. The SMILES string of the molecule is C[C@@H]1CCC2[C@@H](C)[C@@H](OCc3ccc(C(=O)NCCCN(C)CCCNC(=O)c4ccc(CO[C@H]5OC6OC7(C)CCC8[C@H](C)CCC([C@H]5C)[C@@]68OO7)cc4)cc3)OC3OC4(C)CCC1[C@]32OO4. The topological polar surface area (TPSA) is 154 Å². The third-order valence-electron chi connectivity index (χ3n) is 17.5. The summed E-state index contributed by atoms with van der Waals surface area (Å²) < 4.78 is 38.9. The Hall–Kier alpha value is -3.06. The van der Waals surface area contributed by atoms with E-state index >= 15 is 0 Å². The first-order valence-electron chi connectivity index (χ1n) is 25.8. The molecule has 15 heteroatoms. The number of fused-ring (bicyclic) bond motifs is 4. The van der Waals surface area contributed by atoms with Crippen molar-refractivity contribution in [3.8, 4) is 0 Å². The predicted molar refractivity (Wildman–Crippen MR) is 248 cm³/mol. The highest BCUT2D eigenvalue weighted by Gasteiger charge is 2.71. The van der Waals surface area contributed by atoms with Crippen molar-refractivity contribution >= 4 is 11.8 Å².